The van der Waals surface area contributed by atoms with Crippen LogP contribution in [0.3, 0.4) is 0 Å². The largest absolute Gasteiger partial charge is 0.457 e. The predicted molar refractivity (Wildman–Crippen MR) is 108 cm³/mol. The van der Waals surface area contributed by atoms with Crippen LogP contribution in [0, 0.1) is 11.3 Å². The Hall–Kier alpha value is -2.30. The second kappa shape index (κ2) is 9.41. The van der Waals surface area contributed by atoms with Crippen molar-refractivity contribution in [3.05, 3.63) is 54.1 Å². The Morgan fingerprint density at radius 1 is 1.12 bits per heavy atom. The van der Waals surface area contributed by atoms with Crippen molar-refractivity contribution in [3.8, 4) is 17.6 Å². The van der Waals surface area contributed by atoms with E-state index in [0.717, 1.165) is 11.5 Å². The Kier molecular flexibility index (Phi) is 6.69. The fourth-order valence-electron chi connectivity index (χ4n) is 2.38. The maximum absolute atomic E-state index is 12.0. The van der Waals surface area contributed by atoms with E-state index in [4.69, 9.17) is 10.00 Å². The first-order valence-electron chi connectivity index (χ1n) is 8.25. The van der Waals surface area contributed by atoms with E-state index in [2.05, 4.69) is 16.7 Å². The maximum atomic E-state index is 12.0. The van der Waals surface area contributed by atoms with Gasteiger partial charge in [-0.1, -0.05) is 0 Å². The van der Waals surface area contributed by atoms with E-state index in [-0.39, 0.29) is 6.03 Å². The molecule has 0 aromatic heterocycles. The number of nitriles is 1. The molecule has 5 nitrogen and oxygen atoms in total. The van der Waals surface area contributed by atoms with E-state index in [0.29, 0.717) is 34.5 Å². The zero-order chi connectivity index (χ0) is 18.2. The number of nitrogens with zero attached hydrogens (tertiary/aromatic N) is 1. The van der Waals surface area contributed by atoms with Gasteiger partial charge in [0.15, 0.2) is 0 Å². The molecule has 7 heteroatoms. The number of carbonyl (C=O) groups is 1. The molecule has 2 N–H and O–H groups in total. The van der Waals surface area contributed by atoms with Crippen molar-refractivity contribution in [1.82, 2.24) is 5.32 Å². The highest BCUT2D eigenvalue weighted by atomic mass is 32.2. The lowest BCUT2D eigenvalue weighted by Gasteiger charge is -2.21. The molecule has 0 radical (unpaired) electrons. The van der Waals surface area contributed by atoms with Crippen LogP contribution in [0.15, 0.2) is 48.5 Å². The van der Waals surface area contributed by atoms with Gasteiger partial charge in [-0.15, -0.1) is 0 Å². The molecule has 26 heavy (non-hydrogen) atoms. The van der Waals surface area contributed by atoms with E-state index in [1.807, 2.05) is 23.5 Å². The van der Waals surface area contributed by atoms with E-state index in [9.17, 15) is 4.79 Å². The van der Waals surface area contributed by atoms with Crippen LogP contribution in [0.2, 0.25) is 0 Å². The molecule has 2 amide bonds. The minimum absolute atomic E-state index is 0.193. The first-order chi connectivity index (χ1) is 12.7. The Morgan fingerprint density at radius 2 is 1.81 bits per heavy atom. The minimum Gasteiger partial charge on any atom is -0.457 e. The summed E-state index contributed by atoms with van der Waals surface area (Å²) in [5.74, 6) is 4.76. The van der Waals surface area contributed by atoms with Crippen molar-refractivity contribution in [1.29, 1.82) is 5.26 Å². The summed E-state index contributed by atoms with van der Waals surface area (Å²) < 4.78 is 5.72. The molecule has 0 spiro atoms. The molecular formula is C19H19N3O2S2. The summed E-state index contributed by atoms with van der Waals surface area (Å²) >= 11 is 3.86. The smallest absolute Gasteiger partial charge is 0.319 e. The number of nitrogens with one attached hydrogen (secondary N) is 2. The standard InChI is InChI=1S/C19H19N3O2S2/c20-11-14-1-5-16(6-2-14)24-17-7-3-15(4-8-17)22-19(23)21-12-18-13-25-9-10-26-18/h1-8,18H,9-10,12-13H2,(H2,21,22,23)/t18-/m1/s1. The van der Waals surface area contributed by atoms with Crippen LogP contribution in [0.1, 0.15) is 5.56 Å². The van der Waals surface area contributed by atoms with Gasteiger partial charge in [0.05, 0.1) is 11.6 Å². The number of thioether (sulfide) groups is 2. The Morgan fingerprint density at radius 3 is 2.42 bits per heavy atom. The predicted octanol–water partition coefficient (Wildman–Crippen LogP) is 4.32. The molecule has 1 heterocycles. The third-order valence-corrected chi connectivity index (χ3v) is 6.55. The number of carbonyl (C=O) groups excluding carboxylic acids is 1. The van der Waals surface area contributed by atoms with Crippen LogP contribution in [0.5, 0.6) is 11.5 Å². The molecule has 1 aliphatic rings. The van der Waals surface area contributed by atoms with Crippen LogP contribution < -0.4 is 15.4 Å². The summed E-state index contributed by atoms with van der Waals surface area (Å²) in [6, 6.07) is 16.0. The third-order valence-electron chi connectivity index (χ3n) is 3.71. The number of hydrogen-bond donors (Lipinski definition) is 2. The van der Waals surface area contributed by atoms with Crippen molar-refractivity contribution in [2.75, 3.05) is 29.1 Å². The average molecular weight is 386 g/mol. The lowest BCUT2D eigenvalue weighted by Crippen LogP contribution is -2.36. The van der Waals surface area contributed by atoms with Gasteiger partial charge >= 0.3 is 6.03 Å². The molecule has 0 bridgehead atoms. The number of ether oxygens (including phenoxy) is 1. The first-order valence-corrected chi connectivity index (χ1v) is 10.5. The third kappa shape index (κ3) is 5.61. The van der Waals surface area contributed by atoms with Gasteiger partial charge < -0.3 is 15.4 Å². The fourth-order valence-corrected chi connectivity index (χ4v) is 4.99. The second-order valence-corrected chi connectivity index (χ2v) is 8.22. The Bertz CT molecular complexity index is 767. The number of amides is 2. The summed E-state index contributed by atoms with van der Waals surface area (Å²) in [4.78, 5) is 12.0. The van der Waals surface area contributed by atoms with Gasteiger partial charge in [0.25, 0.3) is 0 Å². The highest BCUT2D eigenvalue weighted by Gasteiger charge is 2.15. The Labute approximate surface area is 161 Å². The maximum Gasteiger partial charge on any atom is 0.319 e. The zero-order valence-corrected chi connectivity index (χ0v) is 15.7. The van der Waals surface area contributed by atoms with Gasteiger partial charge in [0.2, 0.25) is 0 Å². The van der Waals surface area contributed by atoms with E-state index < -0.39 is 0 Å². The first kappa shape index (κ1) is 18.5. The van der Waals surface area contributed by atoms with Gasteiger partial charge in [-0.3, -0.25) is 0 Å². The monoisotopic (exact) mass is 385 g/mol. The second-order valence-electron chi connectivity index (χ2n) is 5.67. The van der Waals surface area contributed by atoms with Crippen molar-refractivity contribution < 1.29 is 9.53 Å². The molecule has 1 saturated heterocycles. The number of anilines is 1. The van der Waals surface area contributed by atoms with Crippen molar-refractivity contribution >= 4 is 35.2 Å². The van der Waals surface area contributed by atoms with Crippen LogP contribution >= 0.6 is 23.5 Å². The summed E-state index contributed by atoms with van der Waals surface area (Å²) in [6.45, 7) is 0.684. The molecule has 0 saturated carbocycles. The van der Waals surface area contributed by atoms with E-state index >= 15 is 0 Å². The van der Waals surface area contributed by atoms with E-state index in [1.165, 1.54) is 5.75 Å². The quantitative estimate of drug-likeness (QED) is 0.802. The van der Waals surface area contributed by atoms with Gasteiger partial charge in [0.1, 0.15) is 11.5 Å². The fraction of sp³-hybridized carbons (Fsp3) is 0.263. The van der Waals surface area contributed by atoms with Crippen LogP contribution in [0.25, 0.3) is 0 Å². The average Bonchev–Trinajstić information content (AvgIpc) is 2.69. The van der Waals surface area contributed by atoms with Gasteiger partial charge in [-0.2, -0.15) is 28.8 Å². The molecule has 1 fully saturated rings. The molecule has 3 rings (SSSR count). The topological polar surface area (TPSA) is 74.1 Å². The number of hydrogen-bond acceptors (Lipinski definition) is 5. The zero-order valence-electron chi connectivity index (χ0n) is 14.1. The molecule has 1 aliphatic heterocycles. The van der Waals surface area contributed by atoms with Crippen molar-refractivity contribution in [3.63, 3.8) is 0 Å². The molecule has 0 unspecified atom stereocenters. The Balaban J connectivity index is 1.47. The number of rotatable bonds is 5. The molecule has 2 aromatic carbocycles. The van der Waals surface area contributed by atoms with Crippen LogP contribution in [-0.2, 0) is 0 Å². The van der Waals surface area contributed by atoms with Crippen molar-refractivity contribution in [2.45, 2.75) is 5.25 Å². The lowest BCUT2D eigenvalue weighted by atomic mass is 10.2. The van der Waals surface area contributed by atoms with Crippen LogP contribution in [0.4, 0.5) is 10.5 Å². The van der Waals surface area contributed by atoms with Crippen LogP contribution in [-0.4, -0.2) is 35.1 Å². The normalized spacial score (nSPS) is 16.3. The number of urea groups is 1. The van der Waals surface area contributed by atoms with E-state index in [1.54, 1.807) is 48.5 Å². The highest BCUT2D eigenvalue weighted by Crippen LogP contribution is 2.24. The summed E-state index contributed by atoms with van der Waals surface area (Å²) in [5, 5.41) is 15.0. The summed E-state index contributed by atoms with van der Waals surface area (Å²) in [7, 11) is 0. The molecule has 134 valence electrons. The van der Waals surface area contributed by atoms with Gasteiger partial charge in [0, 0.05) is 34.7 Å². The minimum atomic E-state index is -0.193. The SMILES string of the molecule is N#Cc1ccc(Oc2ccc(NC(=O)NC[C@@H]3CSCCS3)cc2)cc1. The number of benzene rings is 2. The highest BCUT2D eigenvalue weighted by molar-refractivity contribution is 8.06. The summed E-state index contributed by atoms with van der Waals surface area (Å²) in [6.07, 6.45) is 0. The van der Waals surface area contributed by atoms with Crippen molar-refractivity contribution in [2.24, 2.45) is 0 Å². The van der Waals surface area contributed by atoms with Gasteiger partial charge in [-0.25, -0.2) is 4.79 Å². The summed E-state index contributed by atoms with van der Waals surface area (Å²) in [5.41, 5.74) is 1.30. The molecule has 1 atom stereocenters. The molecular weight excluding hydrogens is 366 g/mol. The molecule has 0 aliphatic carbocycles. The van der Waals surface area contributed by atoms with Gasteiger partial charge in [-0.05, 0) is 48.5 Å². The molecule has 2 aromatic rings. The lowest BCUT2D eigenvalue weighted by molar-refractivity contribution is 0.252.